The average Bonchev–Trinajstić information content (AvgIpc) is 2.56. The van der Waals surface area contributed by atoms with Gasteiger partial charge in [0.25, 0.3) is 0 Å². The van der Waals surface area contributed by atoms with E-state index in [2.05, 4.69) is 4.98 Å². The highest BCUT2D eigenvalue weighted by Crippen LogP contribution is 2.19. The molecule has 80 valence electrons. The number of rotatable bonds is 3. The Hall–Kier alpha value is -1.55. The van der Waals surface area contributed by atoms with Gasteiger partial charge in [-0.15, -0.1) is 0 Å². The number of nitrogens with zero attached hydrogens (tertiary/aromatic N) is 1. The molecule has 1 aromatic carbocycles. The predicted octanol–water partition coefficient (Wildman–Crippen LogP) is 1.72. The number of hydrogen-bond donors (Lipinski definition) is 2. The van der Waals surface area contributed by atoms with E-state index in [0.29, 0.717) is 30.0 Å². The van der Waals surface area contributed by atoms with E-state index in [1.165, 1.54) is 0 Å². The molecule has 0 aliphatic rings. The van der Waals surface area contributed by atoms with E-state index in [0.717, 1.165) is 5.52 Å². The summed E-state index contributed by atoms with van der Waals surface area (Å²) in [6, 6.07) is 5.39. The lowest BCUT2D eigenvalue weighted by atomic mass is 10.2. The number of aryl methyl sites for hydroxylation is 1. The largest absolute Gasteiger partial charge is 0.441 e. The van der Waals surface area contributed by atoms with Crippen molar-refractivity contribution in [2.45, 2.75) is 25.9 Å². The Kier molecular flexibility index (Phi) is 2.60. The summed E-state index contributed by atoms with van der Waals surface area (Å²) >= 11 is 0. The molecule has 15 heavy (non-hydrogen) atoms. The van der Waals surface area contributed by atoms with Crippen molar-refractivity contribution >= 4 is 16.8 Å². The first-order valence-corrected chi connectivity index (χ1v) is 4.98. The average molecular weight is 206 g/mol. The predicted molar refractivity (Wildman–Crippen MR) is 58.4 cm³/mol. The van der Waals surface area contributed by atoms with E-state index in [1.807, 2.05) is 6.07 Å². The molecular formula is C11H14N2O2. The fourth-order valence-electron chi connectivity index (χ4n) is 1.43. The van der Waals surface area contributed by atoms with Crippen LogP contribution in [0.4, 0.5) is 5.69 Å². The Balaban J connectivity index is 2.23. The van der Waals surface area contributed by atoms with Gasteiger partial charge in [0, 0.05) is 18.2 Å². The highest BCUT2D eigenvalue weighted by atomic mass is 16.3. The van der Waals surface area contributed by atoms with Crippen LogP contribution in [-0.4, -0.2) is 16.2 Å². The molecule has 0 spiro atoms. The standard InChI is InChI=1S/C11H14N2O2/c1-7(14)2-5-11-13-9-4-3-8(12)6-10(9)15-11/h3-4,6-7,14H,2,5,12H2,1H3. The third-order valence-electron chi connectivity index (χ3n) is 2.23. The molecule has 1 unspecified atom stereocenters. The summed E-state index contributed by atoms with van der Waals surface area (Å²) in [6.45, 7) is 1.75. The maximum absolute atomic E-state index is 9.14. The summed E-state index contributed by atoms with van der Waals surface area (Å²) in [5, 5.41) is 9.14. The van der Waals surface area contributed by atoms with E-state index in [1.54, 1.807) is 19.1 Å². The van der Waals surface area contributed by atoms with Gasteiger partial charge in [0.05, 0.1) is 6.10 Å². The first-order valence-electron chi connectivity index (χ1n) is 4.98. The molecule has 4 heteroatoms. The van der Waals surface area contributed by atoms with E-state index < -0.39 is 0 Å². The number of aliphatic hydroxyl groups excluding tert-OH is 1. The van der Waals surface area contributed by atoms with Gasteiger partial charge in [-0.05, 0) is 25.5 Å². The summed E-state index contributed by atoms with van der Waals surface area (Å²) in [5.74, 6) is 0.650. The molecule has 0 saturated carbocycles. The summed E-state index contributed by atoms with van der Waals surface area (Å²) in [6.07, 6.45) is 0.972. The maximum Gasteiger partial charge on any atom is 0.195 e. The molecular weight excluding hydrogens is 192 g/mol. The van der Waals surface area contributed by atoms with Crippen LogP contribution in [-0.2, 0) is 6.42 Å². The van der Waals surface area contributed by atoms with Gasteiger partial charge in [-0.1, -0.05) is 0 Å². The lowest BCUT2D eigenvalue weighted by molar-refractivity contribution is 0.182. The number of oxazole rings is 1. The monoisotopic (exact) mass is 206 g/mol. The number of benzene rings is 1. The summed E-state index contributed by atoms with van der Waals surface area (Å²) in [4.78, 5) is 4.29. The second kappa shape index (κ2) is 3.90. The van der Waals surface area contributed by atoms with Crippen molar-refractivity contribution in [1.82, 2.24) is 4.98 Å². The van der Waals surface area contributed by atoms with Crippen LogP contribution < -0.4 is 5.73 Å². The third kappa shape index (κ3) is 2.27. The summed E-state index contributed by atoms with van der Waals surface area (Å²) < 4.78 is 5.50. The Bertz CT molecular complexity index is 463. The van der Waals surface area contributed by atoms with Gasteiger partial charge in [0.2, 0.25) is 0 Å². The van der Waals surface area contributed by atoms with E-state index in [9.17, 15) is 0 Å². The zero-order valence-corrected chi connectivity index (χ0v) is 8.60. The minimum absolute atomic E-state index is 0.329. The topological polar surface area (TPSA) is 72.3 Å². The maximum atomic E-state index is 9.14. The normalized spacial score (nSPS) is 13.2. The van der Waals surface area contributed by atoms with Crippen molar-refractivity contribution in [2.75, 3.05) is 5.73 Å². The molecule has 0 aliphatic carbocycles. The number of aromatic nitrogens is 1. The van der Waals surface area contributed by atoms with Crippen LogP contribution in [0.25, 0.3) is 11.1 Å². The van der Waals surface area contributed by atoms with Gasteiger partial charge in [-0.25, -0.2) is 4.98 Å². The Morgan fingerprint density at radius 2 is 2.33 bits per heavy atom. The molecule has 4 nitrogen and oxygen atoms in total. The number of nitrogen functional groups attached to an aromatic ring is 1. The van der Waals surface area contributed by atoms with Crippen molar-refractivity contribution in [2.24, 2.45) is 0 Å². The summed E-state index contributed by atoms with van der Waals surface area (Å²) in [5.41, 5.74) is 7.81. The molecule has 0 bridgehead atoms. The Morgan fingerprint density at radius 1 is 1.53 bits per heavy atom. The Labute approximate surface area is 87.7 Å². The molecule has 0 amide bonds. The zero-order valence-electron chi connectivity index (χ0n) is 8.60. The SMILES string of the molecule is CC(O)CCc1nc2ccc(N)cc2o1. The molecule has 1 aromatic heterocycles. The van der Waals surface area contributed by atoms with Crippen molar-refractivity contribution in [3.05, 3.63) is 24.1 Å². The van der Waals surface area contributed by atoms with Gasteiger partial charge in [0.1, 0.15) is 5.52 Å². The molecule has 0 radical (unpaired) electrons. The van der Waals surface area contributed by atoms with Crippen LogP contribution in [0.5, 0.6) is 0 Å². The van der Waals surface area contributed by atoms with Gasteiger partial charge < -0.3 is 15.3 Å². The van der Waals surface area contributed by atoms with Crippen LogP contribution in [0.3, 0.4) is 0 Å². The molecule has 3 N–H and O–H groups in total. The van der Waals surface area contributed by atoms with Gasteiger partial charge in [0.15, 0.2) is 11.5 Å². The van der Waals surface area contributed by atoms with Gasteiger partial charge in [-0.2, -0.15) is 0 Å². The second-order valence-corrected chi connectivity index (χ2v) is 3.72. The molecule has 2 aromatic rings. The minimum Gasteiger partial charge on any atom is -0.441 e. The highest BCUT2D eigenvalue weighted by Gasteiger charge is 2.06. The van der Waals surface area contributed by atoms with Crippen LogP contribution in [0.15, 0.2) is 22.6 Å². The van der Waals surface area contributed by atoms with Crippen molar-refractivity contribution < 1.29 is 9.52 Å². The fourth-order valence-corrected chi connectivity index (χ4v) is 1.43. The van der Waals surface area contributed by atoms with Crippen molar-refractivity contribution in [3.8, 4) is 0 Å². The molecule has 0 fully saturated rings. The Morgan fingerprint density at radius 3 is 3.07 bits per heavy atom. The van der Waals surface area contributed by atoms with Crippen LogP contribution in [0, 0.1) is 0 Å². The fraction of sp³-hybridized carbons (Fsp3) is 0.364. The molecule has 1 heterocycles. The highest BCUT2D eigenvalue weighted by molar-refractivity contribution is 5.76. The van der Waals surface area contributed by atoms with Gasteiger partial charge in [-0.3, -0.25) is 0 Å². The molecule has 0 aliphatic heterocycles. The number of nitrogens with two attached hydrogens (primary N) is 1. The van der Waals surface area contributed by atoms with E-state index >= 15 is 0 Å². The number of aliphatic hydroxyl groups is 1. The molecule has 1 atom stereocenters. The van der Waals surface area contributed by atoms with E-state index in [-0.39, 0.29) is 6.10 Å². The van der Waals surface area contributed by atoms with Crippen molar-refractivity contribution in [1.29, 1.82) is 0 Å². The number of anilines is 1. The molecule has 2 rings (SSSR count). The number of fused-ring (bicyclic) bond motifs is 1. The molecule has 0 saturated heterocycles. The summed E-state index contributed by atoms with van der Waals surface area (Å²) in [7, 11) is 0. The van der Waals surface area contributed by atoms with E-state index in [4.69, 9.17) is 15.3 Å². The second-order valence-electron chi connectivity index (χ2n) is 3.72. The zero-order chi connectivity index (χ0) is 10.8. The first-order chi connectivity index (χ1) is 7.15. The number of hydrogen-bond acceptors (Lipinski definition) is 4. The lowest BCUT2D eigenvalue weighted by Gasteiger charge is -1.98. The van der Waals surface area contributed by atoms with Crippen LogP contribution in [0.1, 0.15) is 19.2 Å². The smallest absolute Gasteiger partial charge is 0.195 e. The van der Waals surface area contributed by atoms with Crippen molar-refractivity contribution in [3.63, 3.8) is 0 Å². The van der Waals surface area contributed by atoms with Crippen LogP contribution >= 0.6 is 0 Å². The third-order valence-corrected chi connectivity index (χ3v) is 2.23. The lowest BCUT2D eigenvalue weighted by Crippen LogP contribution is -2.01. The first kappa shape index (κ1) is 9.98. The quantitative estimate of drug-likeness (QED) is 0.750. The minimum atomic E-state index is -0.329. The van der Waals surface area contributed by atoms with Gasteiger partial charge >= 0.3 is 0 Å². The van der Waals surface area contributed by atoms with Crippen LogP contribution in [0.2, 0.25) is 0 Å².